The monoisotopic (exact) mass is 176 g/mol. The highest BCUT2D eigenvalue weighted by Gasteiger charge is 2.44. The molecule has 0 saturated carbocycles. The normalized spacial score (nSPS) is 38.0. The Hall–Kier alpha value is -0.190. The van der Waals surface area contributed by atoms with Crippen LogP contribution in [0, 0.1) is 11.3 Å². The van der Waals surface area contributed by atoms with Crippen LogP contribution in [0.5, 0.6) is 0 Å². The summed E-state index contributed by atoms with van der Waals surface area (Å²) in [6.07, 6.45) is 0.139. The summed E-state index contributed by atoms with van der Waals surface area (Å²) >= 11 is 0. The van der Waals surface area contributed by atoms with Gasteiger partial charge in [-0.1, -0.05) is 13.8 Å². The third-order valence-electron chi connectivity index (χ3n) is 2.97. The number of nitrogens with zero attached hydrogens (tertiary/aromatic N) is 1. The molecule has 1 aliphatic heterocycles. The fraction of sp³-hybridized carbons (Fsp3) is 1.00. The molecule has 0 amide bonds. The molecule has 2 atom stereocenters. The molecule has 1 fully saturated rings. The van der Waals surface area contributed by atoms with Gasteiger partial charge in [0.25, 0.3) is 0 Å². The van der Waals surface area contributed by atoms with Crippen molar-refractivity contribution in [1.82, 2.24) is 5.06 Å². The van der Waals surface area contributed by atoms with E-state index >= 15 is 0 Å². The first-order chi connectivity index (χ1) is 5.52. The fourth-order valence-corrected chi connectivity index (χ4v) is 1.70. The largest absolute Gasteiger partial charge is 0.314 e. The molecule has 0 radical (unpaired) electrons. The van der Waals surface area contributed by atoms with E-state index in [9.17, 15) is 9.60 Å². The van der Waals surface area contributed by atoms with E-state index in [1.165, 1.54) is 0 Å². The lowest BCUT2D eigenvalue weighted by atomic mass is 9.77. The van der Waals surface area contributed by atoms with Crippen molar-refractivity contribution in [3.8, 4) is 0 Å². The van der Waals surface area contributed by atoms with Crippen molar-refractivity contribution in [2.45, 2.75) is 26.4 Å². The molecule has 12 heavy (non-hydrogen) atoms. The third kappa shape index (κ3) is 1.46. The molecule has 4 heteroatoms. The van der Waals surface area contributed by atoms with Crippen LogP contribution >= 0.6 is 0 Å². The summed E-state index contributed by atoms with van der Waals surface area (Å²) in [6, 6.07) is 0. The topological polar surface area (TPSA) is 49.5 Å². The van der Waals surface area contributed by atoms with Gasteiger partial charge in [-0.05, 0) is 12.3 Å². The molecule has 0 spiro atoms. The average Bonchev–Trinajstić information content (AvgIpc) is 2.29. The van der Waals surface area contributed by atoms with Crippen LogP contribution in [0.15, 0.2) is 0 Å². The Kier molecular flexibility index (Phi) is 2.70. The molecule has 0 aromatic rings. The quantitative estimate of drug-likeness (QED) is 0.659. The zero-order chi connectivity index (χ0) is 9.35. The highest BCUT2D eigenvalue weighted by molar-refractivity contribution is 4.92. The Balaban J connectivity index is 2.71. The van der Waals surface area contributed by atoms with E-state index in [-0.39, 0.29) is 5.92 Å². The van der Waals surface area contributed by atoms with Crippen molar-refractivity contribution in [2.75, 3.05) is 13.2 Å². The molecule has 1 aliphatic rings. The lowest BCUT2D eigenvalue weighted by molar-refractivity contribution is -0.109. The summed E-state index contributed by atoms with van der Waals surface area (Å²) in [6.45, 7) is 3.87. The first kappa shape index (κ1) is 9.89. The predicted octanol–water partition coefficient (Wildman–Crippen LogP) is 0.978. The van der Waals surface area contributed by atoms with Crippen LogP contribution in [0.2, 0.25) is 0 Å². The van der Waals surface area contributed by atoms with Gasteiger partial charge in [-0.25, -0.2) is 0 Å². The van der Waals surface area contributed by atoms with Gasteiger partial charge in [-0.2, -0.15) is 5.06 Å². The zero-order valence-corrected chi connectivity index (χ0v) is 7.63. The molecular weight excluding hydrogens is 159 g/mol. The van der Waals surface area contributed by atoms with Gasteiger partial charge in [0.15, 0.2) is 0 Å². The second kappa shape index (κ2) is 3.28. The second-order valence-corrected chi connectivity index (χ2v) is 4.02. The van der Waals surface area contributed by atoms with E-state index in [4.69, 9.17) is 5.73 Å². The van der Waals surface area contributed by atoms with Crippen molar-refractivity contribution >= 4 is 0 Å². The minimum atomic E-state index is -0.436. The van der Waals surface area contributed by atoms with Crippen LogP contribution < -0.4 is 5.73 Å². The second-order valence-electron chi connectivity index (χ2n) is 4.02. The van der Waals surface area contributed by atoms with E-state index in [1.807, 2.05) is 13.8 Å². The first-order valence-electron chi connectivity index (χ1n) is 4.29. The van der Waals surface area contributed by atoms with Crippen molar-refractivity contribution in [3.05, 3.63) is 0 Å². The van der Waals surface area contributed by atoms with Gasteiger partial charge >= 0.3 is 0 Å². The minimum absolute atomic E-state index is 0.214. The van der Waals surface area contributed by atoms with Crippen molar-refractivity contribution < 1.29 is 9.60 Å². The van der Waals surface area contributed by atoms with E-state index < -0.39 is 18.3 Å². The van der Waals surface area contributed by atoms with Crippen molar-refractivity contribution in [2.24, 2.45) is 17.1 Å². The van der Waals surface area contributed by atoms with Crippen LogP contribution in [0.1, 0.15) is 20.3 Å². The molecule has 0 aromatic heterocycles. The van der Waals surface area contributed by atoms with Gasteiger partial charge < -0.3 is 10.9 Å². The molecule has 0 aromatic carbocycles. The van der Waals surface area contributed by atoms with E-state index in [0.29, 0.717) is 13.0 Å². The van der Waals surface area contributed by atoms with Crippen molar-refractivity contribution in [1.29, 1.82) is 0 Å². The van der Waals surface area contributed by atoms with Crippen LogP contribution in [-0.4, -0.2) is 29.7 Å². The number of hydrogen-bond donors (Lipinski definition) is 2. The summed E-state index contributed by atoms with van der Waals surface area (Å²) in [7, 11) is 0. The summed E-state index contributed by atoms with van der Waals surface area (Å²) < 4.78 is 12.8. The molecule has 3 nitrogen and oxygen atoms in total. The Morgan fingerprint density at radius 1 is 1.75 bits per heavy atom. The Bertz CT molecular complexity index is 153. The van der Waals surface area contributed by atoms with Crippen LogP contribution in [0.4, 0.5) is 4.39 Å². The Morgan fingerprint density at radius 3 is 2.50 bits per heavy atom. The van der Waals surface area contributed by atoms with Crippen LogP contribution in [0.3, 0.4) is 0 Å². The molecule has 0 aliphatic carbocycles. The maximum Gasteiger partial charge on any atom is 0.0967 e. The number of hydroxylamine groups is 2. The number of halogens is 1. The number of alkyl halides is 1. The van der Waals surface area contributed by atoms with Gasteiger partial charge in [0.1, 0.15) is 0 Å². The molecule has 1 saturated heterocycles. The smallest absolute Gasteiger partial charge is 0.0967 e. The van der Waals surface area contributed by atoms with Crippen LogP contribution in [0.25, 0.3) is 0 Å². The van der Waals surface area contributed by atoms with E-state index in [0.717, 1.165) is 5.06 Å². The lowest BCUT2D eigenvalue weighted by Crippen LogP contribution is -2.34. The summed E-state index contributed by atoms with van der Waals surface area (Å²) in [4.78, 5) is 0. The van der Waals surface area contributed by atoms with Gasteiger partial charge in [0, 0.05) is 12.0 Å². The molecule has 2 unspecified atom stereocenters. The fourth-order valence-electron chi connectivity index (χ4n) is 1.70. The highest BCUT2D eigenvalue weighted by Crippen LogP contribution is 2.39. The van der Waals surface area contributed by atoms with Gasteiger partial charge in [-0.15, -0.1) is 0 Å². The minimum Gasteiger partial charge on any atom is -0.314 e. The van der Waals surface area contributed by atoms with E-state index in [2.05, 4.69) is 0 Å². The highest BCUT2D eigenvalue weighted by atomic mass is 19.1. The van der Waals surface area contributed by atoms with E-state index in [1.54, 1.807) is 0 Å². The SMILES string of the molecule is CC(C)C1(CF)CC(N)N(O)C1. The zero-order valence-electron chi connectivity index (χ0n) is 7.63. The van der Waals surface area contributed by atoms with Gasteiger partial charge in [0.05, 0.1) is 12.8 Å². The average molecular weight is 176 g/mol. The number of hydrogen-bond acceptors (Lipinski definition) is 3. The molecule has 72 valence electrons. The van der Waals surface area contributed by atoms with Crippen LogP contribution in [-0.2, 0) is 0 Å². The summed E-state index contributed by atoms with van der Waals surface area (Å²) in [5.74, 6) is 0.214. The molecule has 3 N–H and O–H groups in total. The van der Waals surface area contributed by atoms with Gasteiger partial charge in [-0.3, -0.25) is 4.39 Å². The third-order valence-corrected chi connectivity index (χ3v) is 2.97. The molecule has 1 rings (SSSR count). The number of rotatable bonds is 2. The molecular formula is C8H17FN2O. The Labute approximate surface area is 72.3 Å². The summed E-state index contributed by atoms with van der Waals surface area (Å²) in [5, 5.41) is 10.3. The molecule has 0 bridgehead atoms. The molecule has 1 heterocycles. The Morgan fingerprint density at radius 2 is 2.33 bits per heavy atom. The maximum absolute atomic E-state index is 12.8. The van der Waals surface area contributed by atoms with Crippen molar-refractivity contribution in [3.63, 3.8) is 0 Å². The number of nitrogens with two attached hydrogens (primary N) is 1. The first-order valence-corrected chi connectivity index (χ1v) is 4.29. The predicted molar refractivity (Wildman–Crippen MR) is 44.3 cm³/mol. The lowest BCUT2D eigenvalue weighted by Gasteiger charge is -2.29. The standard InChI is InChI=1S/C8H17FN2O/c1-6(2)8(4-9)3-7(10)11(12)5-8/h6-7,12H,3-5,10H2,1-2H3. The van der Waals surface area contributed by atoms with Gasteiger partial charge in [0.2, 0.25) is 0 Å². The maximum atomic E-state index is 12.8. The summed E-state index contributed by atoms with van der Waals surface area (Å²) in [5.41, 5.74) is 5.14.